The fourth-order valence-corrected chi connectivity index (χ4v) is 3.25. The Bertz CT molecular complexity index is 995. The minimum absolute atomic E-state index is 0.00559. The molecule has 2 aromatic carbocycles. The van der Waals surface area contributed by atoms with Gasteiger partial charge >= 0.3 is 10.1 Å². The van der Waals surface area contributed by atoms with E-state index in [2.05, 4.69) is 5.16 Å². The van der Waals surface area contributed by atoms with E-state index in [0.29, 0.717) is 6.42 Å². The molecule has 0 bridgehead atoms. The summed E-state index contributed by atoms with van der Waals surface area (Å²) in [4.78, 5) is 4.64. The van der Waals surface area contributed by atoms with Crippen LogP contribution < -0.4 is 20.4 Å². The van der Waals surface area contributed by atoms with Gasteiger partial charge in [-0.2, -0.15) is 13.7 Å². The van der Waals surface area contributed by atoms with Crippen LogP contribution in [0.1, 0.15) is 17.5 Å². The second-order valence-corrected chi connectivity index (χ2v) is 7.16. The van der Waals surface area contributed by atoms with Crippen LogP contribution >= 0.6 is 0 Å². The number of rotatable bonds is 9. The highest BCUT2D eigenvalue weighted by atomic mass is 32.2. The summed E-state index contributed by atoms with van der Waals surface area (Å²) >= 11 is 0. The predicted octanol–water partition coefficient (Wildman–Crippen LogP) is 1.61. The molecule has 10 heteroatoms. The van der Waals surface area contributed by atoms with Gasteiger partial charge in [-0.3, -0.25) is 0 Å². The zero-order chi connectivity index (χ0) is 20.6. The van der Waals surface area contributed by atoms with E-state index in [-0.39, 0.29) is 41.1 Å². The number of nitrogens with zero attached hydrogens (tertiary/aromatic N) is 2. The normalized spacial score (nSPS) is 10.6. The smallest absolute Gasteiger partial charge is 0.340 e. The molecule has 2 aromatic rings. The van der Waals surface area contributed by atoms with E-state index in [1.54, 1.807) is 18.2 Å². The molecule has 0 saturated heterocycles. The van der Waals surface area contributed by atoms with Crippen molar-refractivity contribution in [1.82, 2.24) is 0 Å². The van der Waals surface area contributed by atoms with Gasteiger partial charge in [0.2, 0.25) is 5.96 Å². The van der Waals surface area contributed by atoms with Gasteiger partial charge in [-0.05, 0) is 41.9 Å². The Kier molecular flexibility index (Phi) is 7.06. The van der Waals surface area contributed by atoms with Crippen LogP contribution in [0.4, 0.5) is 0 Å². The quantitative estimate of drug-likeness (QED) is 0.210. The van der Waals surface area contributed by atoms with Crippen LogP contribution in [0.15, 0.2) is 52.5 Å². The highest BCUT2D eigenvalue weighted by Crippen LogP contribution is 2.31. The van der Waals surface area contributed by atoms with Gasteiger partial charge in [0.1, 0.15) is 17.6 Å². The highest BCUT2D eigenvalue weighted by Gasteiger charge is 2.22. The molecule has 0 heterocycles. The maximum Gasteiger partial charge on any atom is 0.340 e. The van der Waals surface area contributed by atoms with Crippen molar-refractivity contribution < 1.29 is 22.2 Å². The van der Waals surface area contributed by atoms with E-state index in [4.69, 9.17) is 30.5 Å². The number of oxime groups is 1. The Morgan fingerprint density at radius 2 is 1.89 bits per heavy atom. The third kappa shape index (κ3) is 5.78. The molecule has 0 amide bonds. The molecule has 9 nitrogen and oxygen atoms in total. The average Bonchev–Trinajstić information content (AvgIpc) is 2.66. The van der Waals surface area contributed by atoms with Crippen molar-refractivity contribution in [1.29, 1.82) is 5.26 Å². The molecule has 0 aliphatic rings. The minimum Gasteiger partial charge on any atom is -0.489 e. The Balaban J connectivity index is 2.13. The molecule has 0 unspecified atom stereocenters. The van der Waals surface area contributed by atoms with Crippen molar-refractivity contribution >= 4 is 16.1 Å². The minimum atomic E-state index is -4.21. The topological polar surface area (TPSA) is 150 Å². The third-order valence-electron chi connectivity index (χ3n) is 3.38. The monoisotopic (exact) mass is 404 g/mol. The van der Waals surface area contributed by atoms with Gasteiger partial charge in [-0.1, -0.05) is 18.2 Å². The van der Waals surface area contributed by atoms with Crippen LogP contribution in [-0.4, -0.2) is 27.6 Å². The summed E-state index contributed by atoms with van der Waals surface area (Å²) in [7, 11) is -4.21. The van der Waals surface area contributed by atoms with Crippen LogP contribution in [0, 0.1) is 18.3 Å². The van der Waals surface area contributed by atoms with Crippen molar-refractivity contribution in [3.8, 4) is 17.6 Å². The standard InChI is InChI=1S/C18H20N4O5S/c1-13-7-8-15(16(11-13)25-9-4-10-26-22-18(20)21)27-28(23,24)17-6-3-2-5-14(17)12-19/h2-3,5-8,11H,4,9-10H2,1H3,(H4,20,21,22). The predicted molar refractivity (Wildman–Crippen MR) is 102 cm³/mol. The zero-order valence-corrected chi connectivity index (χ0v) is 16.0. The van der Waals surface area contributed by atoms with Gasteiger partial charge in [0, 0.05) is 6.42 Å². The van der Waals surface area contributed by atoms with E-state index in [9.17, 15) is 8.42 Å². The number of nitriles is 1. The maximum absolute atomic E-state index is 12.6. The molecule has 0 atom stereocenters. The summed E-state index contributed by atoms with van der Waals surface area (Å²) in [6.45, 7) is 2.26. The first kappa shape index (κ1) is 20.9. The molecular formula is C18H20N4O5S. The van der Waals surface area contributed by atoms with E-state index in [1.165, 1.54) is 24.3 Å². The van der Waals surface area contributed by atoms with E-state index < -0.39 is 10.1 Å². The number of benzene rings is 2. The molecule has 0 aromatic heterocycles. The lowest BCUT2D eigenvalue weighted by Gasteiger charge is -2.14. The summed E-state index contributed by atoms with van der Waals surface area (Å²) in [6, 6.07) is 12.5. The fourth-order valence-electron chi connectivity index (χ4n) is 2.16. The Morgan fingerprint density at radius 3 is 2.61 bits per heavy atom. The van der Waals surface area contributed by atoms with E-state index >= 15 is 0 Å². The number of guanidine groups is 1. The Morgan fingerprint density at radius 1 is 1.14 bits per heavy atom. The van der Waals surface area contributed by atoms with Crippen molar-refractivity contribution in [2.24, 2.45) is 16.6 Å². The maximum atomic E-state index is 12.6. The Hall–Kier alpha value is -3.45. The molecular weight excluding hydrogens is 384 g/mol. The van der Waals surface area contributed by atoms with Gasteiger partial charge in [-0.25, -0.2) is 0 Å². The molecule has 0 aliphatic carbocycles. The summed E-state index contributed by atoms with van der Waals surface area (Å²) in [5.74, 6) is 0.0847. The molecule has 0 spiro atoms. The first-order valence-electron chi connectivity index (χ1n) is 8.21. The summed E-state index contributed by atoms with van der Waals surface area (Å²) < 4.78 is 36.1. The van der Waals surface area contributed by atoms with Gasteiger partial charge in [0.05, 0.1) is 12.2 Å². The molecule has 0 radical (unpaired) electrons. The largest absolute Gasteiger partial charge is 0.489 e. The van der Waals surface area contributed by atoms with Gasteiger partial charge < -0.3 is 25.2 Å². The van der Waals surface area contributed by atoms with Gasteiger partial charge in [0.15, 0.2) is 11.5 Å². The summed E-state index contributed by atoms with van der Waals surface area (Å²) in [5, 5.41) is 12.5. The number of aryl methyl sites for hydroxylation is 1. The van der Waals surface area contributed by atoms with E-state index in [1.807, 2.05) is 13.0 Å². The van der Waals surface area contributed by atoms with Crippen molar-refractivity contribution in [3.05, 3.63) is 53.6 Å². The molecule has 148 valence electrons. The average molecular weight is 404 g/mol. The lowest BCUT2D eigenvalue weighted by Crippen LogP contribution is -2.23. The molecule has 4 N–H and O–H groups in total. The highest BCUT2D eigenvalue weighted by molar-refractivity contribution is 7.87. The van der Waals surface area contributed by atoms with Crippen LogP contribution in [-0.2, 0) is 15.0 Å². The van der Waals surface area contributed by atoms with Crippen LogP contribution in [0.5, 0.6) is 11.5 Å². The lowest BCUT2D eigenvalue weighted by molar-refractivity contribution is 0.126. The van der Waals surface area contributed by atoms with Gasteiger partial charge in [0.25, 0.3) is 0 Å². The van der Waals surface area contributed by atoms with Crippen molar-refractivity contribution in [2.75, 3.05) is 13.2 Å². The second-order valence-electron chi connectivity index (χ2n) is 5.65. The molecule has 2 rings (SSSR count). The fraction of sp³-hybridized carbons (Fsp3) is 0.222. The molecule has 0 saturated carbocycles. The number of nitrogens with two attached hydrogens (primary N) is 2. The number of ether oxygens (including phenoxy) is 1. The summed E-state index contributed by atoms with van der Waals surface area (Å²) in [5.41, 5.74) is 11.1. The van der Waals surface area contributed by atoms with Crippen LogP contribution in [0.3, 0.4) is 0 Å². The molecule has 0 fully saturated rings. The van der Waals surface area contributed by atoms with E-state index in [0.717, 1.165) is 5.56 Å². The van der Waals surface area contributed by atoms with Crippen molar-refractivity contribution in [3.63, 3.8) is 0 Å². The zero-order valence-electron chi connectivity index (χ0n) is 15.2. The Labute approximate surface area is 163 Å². The number of hydrogen-bond acceptors (Lipinski definition) is 7. The van der Waals surface area contributed by atoms with Crippen LogP contribution in [0.25, 0.3) is 0 Å². The summed E-state index contributed by atoms with van der Waals surface area (Å²) in [6.07, 6.45) is 0.453. The first-order valence-corrected chi connectivity index (χ1v) is 9.62. The van der Waals surface area contributed by atoms with Crippen LogP contribution in [0.2, 0.25) is 0 Å². The van der Waals surface area contributed by atoms with Crippen molar-refractivity contribution in [2.45, 2.75) is 18.2 Å². The first-order chi connectivity index (χ1) is 13.3. The molecule has 28 heavy (non-hydrogen) atoms. The number of hydrogen-bond donors (Lipinski definition) is 2. The SMILES string of the molecule is Cc1ccc(OS(=O)(=O)c2ccccc2C#N)c(OCCCON=C(N)N)c1. The lowest BCUT2D eigenvalue weighted by atomic mass is 10.2. The second kappa shape index (κ2) is 9.48. The molecule has 0 aliphatic heterocycles. The third-order valence-corrected chi connectivity index (χ3v) is 4.68. The van der Waals surface area contributed by atoms with Gasteiger partial charge in [-0.15, -0.1) is 0 Å².